The summed E-state index contributed by atoms with van der Waals surface area (Å²) < 4.78 is 5.81. The minimum absolute atomic E-state index is 0.0768. The van der Waals surface area contributed by atoms with Crippen LogP contribution >= 0.6 is 11.6 Å². The van der Waals surface area contributed by atoms with Gasteiger partial charge in [-0.25, -0.2) is 4.79 Å². The van der Waals surface area contributed by atoms with Gasteiger partial charge in [-0.2, -0.15) is 0 Å². The highest BCUT2D eigenvalue weighted by Crippen LogP contribution is 2.29. The molecule has 0 spiro atoms. The van der Waals surface area contributed by atoms with Crippen LogP contribution in [0.2, 0.25) is 5.02 Å². The van der Waals surface area contributed by atoms with E-state index < -0.39 is 17.8 Å². The van der Waals surface area contributed by atoms with Gasteiger partial charge in [0.1, 0.15) is 11.3 Å². The number of halogens is 1. The van der Waals surface area contributed by atoms with Crippen LogP contribution in [0.5, 0.6) is 5.75 Å². The summed E-state index contributed by atoms with van der Waals surface area (Å²) in [5, 5.41) is 0.421. The molecule has 1 heterocycles. The molecule has 1 saturated carbocycles. The Balaban J connectivity index is 1.55. The van der Waals surface area contributed by atoms with E-state index in [1.165, 1.54) is 58.7 Å². The maximum Gasteiger partial charge on any atom is 0.333 e. The van der Waals surface area contributed by atoms with Crippen molar-refractivity contribution >= 4 is 35.5 Å². The fourth-order valence-electron chi connectivity index (χ4n) is 4.06. The Hall–Kier alpha value is -2.34. The predicted octanol–water partition coefficient (Wildman–Crippen LogP) is 4.90. The van der Waals surface area contributed by atoms with E-state index in [1.54, 1.807) is 18.2 Å². The summed E-state index contributed by atoms with van der Waals surface area (Å²) in [6.07, 6.45) is 11.8. The molecular weight excluding hydrogens is 404 g/mol. The molecule has 2 fully saturated rings. The summed E-state index contributed by atoms with van der Waals surface area (Å²) in [4.78, 5) is 38.3. The number of nitrogens with zero attached hydrogens (tertiary/aromatic N) is 2. The number of imide groups is 2. The van der Waals surface area contributed by atoms with Gasteiger partial charge in [0.05, 0.1) is 11.6 Å². The van der Waals surface area contributed by atoms with Gasteiger partial charge in [0.25, 0.3) is 11.8 Å². The van der Waals surface area contributed by atoms with Crippen molar-refractivity contribution in [3.8, 4) is 5.75 Å². The number of amides is 4. The zero-order chi connectivity index (χ0) is 21.7. The second kappa shape index (κ2) is 10.1. The van der Waals surface area contributed by atoms with E-state index >= 15 is 0 Å². The molecular formula is C23H29ClN2O4. The predicted molar refractivity (Wildman–Crippen MR) is 116 cm³/mol. The Morgan fingerprint density at radius 3 is 2.33 bits per heavy atom. The van der Waals surface area contributed by atoms with Gasteiger partial charge >= 0.3 is 6.03 Å². The van der Waals surface area contributed by atoms with Gasteiger partial charge in [-0.05, 0) is 42.5 Å². The van der Waals surface area contributed by atoms with Crippen molar-refractivity contribution in [2.75, 3.05) is 20.7 Å². The molecule has 1 aliphatic heterocycles. The van der Waals surface area contributed by atoms with Gasteiger partial charge in [0.15, 0.2) is 0 Å². The van der Waals surface area contributed by atoms with Gasteiger partial charge in [-0.1, -0.05) is 56.2 Å². The molecule has 0 atom stereocenters. The molecule has 6 nitrogen and oxygen atoms in total. The standard InChI is InChI=1S/C23H29ClN2O4/c1-25-21(27)18(22(28)26(2)23(25)29)14-17-11-12-20(19(24)15-17)30-13-7-6-10-16-8-4-3-5-9-16/h11-12,14-16H,3-10,13H2,1-2H3. The van der Waals surface area contributed by atoms with E-state index in [1.807, 2.05) is 0 Å². The number of hydrogen-bond acceptors (Lipinski definition) is 4. The molecule has 3 rings (SSSR count). The number of ether oxygens (including phenoxy) is 1. The van der Waals surface area contributed by atoms with Crippen LogP contribution in [0.4, 0.5) is 4.79 Å². The van der Waals surface area contributed by atoms with E-state index in [-0.39, 0.29) is 5.57 Å². The fraction of sp³-hybridized carbons (Fsp3) is 0.522. The van der Waals surface area contributed by atoms with Gasteiger partial charge in [-0.15, -0.1) is 0 Å². The number of urea groups is 1. The van der Waals surface area contributed by atoms with Crippen molar-refractivity contribution in [3.63, 3.8) is 0 Å². The number of likely N-dealkylation sites (N-methyl/N-ethyl adjacent to an activating group) is 2. The summed E-state index contributed by atoms with van der Waals surface area (Å²) in [5.74, 6) is 0.213. The van der Waals surface area contributed by atoms with E-state index in [4.69, 9.17) is 16.3 Å². The van der Waals surface area contributed by atoms with Crippen LogP contribution in [0.25, 0.3) is 6.08 Å². The minimum atomic E-state index is -0.646. The third-order valence-electron chi connectivity index (χ3n) is 5.90. The van der Waals surface area contributed by atoms with Crippen molar-refractivity contribution < 1.29 is 19.1 Å². The van der Waals surface area contributed by atoms with E-state index in [0.717, 1.165) is 28.6 Å². The molecule has 4 amide bonds. The average Bonchev–Trinajstić information content (AvgIpc) is 2.75. The SMILES string of the molecule is CN1C(=O)C(=Cc2ccc(OCCCCC3CCCCC3)c(Cl)c2)C(=O)N(C)C1=O. The van der Waals surface area contributed by atoms with Crippen molar-refractivity contribution in [1.29, 1.82) is 0 Å². The monoisotopic (exact) mass is 432 g/mol. The number of hydrogen-bond donors (Lipinski definition) is 0. The molecule has 162 valence electrons. The quantitative estimate of drug-likeness (QED) is 0.349. The van der Waals surface area contributed by atoms with E-state index in [2.05, 4.69) is 0 Å². The highest BCUT2D eigenvalue weighted by molar-refractivity contribution is 6.32. The highest BCUT2D eigenvalue weighted by atomic mass is 35.5. The van der Waals surface area contributed by atoms with Gasteiger partial charge in [0, 0.05) is 14.1 Å². The van der Waals surface area contributed by atoms with Crippen LogP contribution in [0, 0.1) is 5.92 Å². The summed E-state index contributed by atoms with van der Waals surface area (Å²) >= 11 is 6.34. The number of rotatable bonds is 7. The molecule has 0 radical (unpaired) electrons. The fourth-order valence-corrected chi connectivity index (χ4v) is 4.30. The molecule has 1 aromatic carbocycles. The molecule has 30 heavy (non-hydrogen) atoms. The molecule has 2 aliphatic rings. The highest BCUT2D eigenvalue weighted by Gasteiger charge is 2.37. The number of barbiturate groups is 1. The lowest BCUT2D eigenvalue weighted by Gasteiger charge is -2.28. The zero-order valence-corrected chi connectivity index (χ0v) is 18.4. The van der Waals surface area contributed by atoms with E-state index in [9.17, 15) is 14.4 Å². The third kappa shape index (κ3) is 5.22. The van der Waals surface area contributed by atoms with Crippen LogP contribution in [-0.4, -0.2) is 48.3 Å². The second-order valence-corrected chi connectivity index (χ2v) is 8.51. The Kier molecular flexibility index (Phi) is 7.53. The first kappa shape index (κ1) is 22.3. The van der Waals surface area contributed by atoms with Crippen molar-refractivity contribution in [3.05, 3.63) is 34.4 Å². The minimum Gasteiger partial charge on any atom is -0.492 e. The number of benzene rings is 1. The maximum absolute atomic E-state index is 12.3. The molecule has 0 aromatic heterocycles. The molecule has 1 aromatic rings. The first-order chi connectivity index (χ1) is 14.4. The lowest BCUT2D eigenvalue weighted by atomic mass is 9.86. The van der Waals surface area contributed by atoms with Crippen molar-refractivity contribution in [2.24, 2.45) is 5.92 Å². The summed E-state index contributed by atoms with van der Waals surface area (Å²) in [7, 11) is 2.69. The number of carbonyl (C=O) groups excluding carboxylic acids is 3. The van der Waals surface area contributed by atoms with Gasteiger partial charge in [-0.3, -0.25) is 19.4 Å². The third-order valence-corrected chi connectivity index (χ3v) is 6.20. The Bertz CT molecular complexity index is 820. The average molecular weight is 433 g/mol. The second-order valence-electron chi connectivity index (χ2n) is 8.11. The van der Waals surface area contributed by atoms with Crippen molar-refractivity contribution in [2.45, 2.75) is 51.4 Å². The van der Waals surface area contributed by atoms with Crippen LogP contribution in [0.3, 0.4) is 0 Å². The Morgan fingerprint density at radius 1 is 1.03 bits per heavy atom. The van der Waals surface area contributed by atoms with Gasteiger partial charge < -0.3 is 4.74 Å². The lowest BCUT2D eigenvalue weighted by Crippen LogP contribution is -2.52. The molecule has 7 heteroatoms. The normalized spacial score (nSPS) is 18.2. The molecule has 0 unspecified atom stereocenters. The maximum atomic E-state index is 12.3. The van der Waals surface area contributed by atoms with Gasteiger partial charge in [0.2, 0.25) is 0 Å². The molecule has 1 saturated heterocycles. The summed E-state index contributed by atoms with van der Waals surface area (Å²) in [6, 6.07) is 4.50. The number of carbonyl (C=O) groups is 3. The van der Waals surface area contributed by atoms with E-state index in [0.29, 0.717) is 22.9 Å². The topological polar surface area (TPSA) is 66.9 Å². The molecule has 0 bridgehead atoms. The van der Waals surface area contributed by atoms with Crippen LogP contribution in [0.1, 0.15) is 56.9 Å². The van der Waals surface area contributed by atoms with Crippen LogP contribution < -0.4 is 4.74 Å². The molecule has 1 aliphatic carbocycles. The van der Waals surface area contributed by atoms with Crippen molar-refractivity contribution in [1.82, 2.24) is 9.80 Å². The Labute approximate surface area is 182 Å². The summed E-state index contributed by atoms with van der Waals surface area (Å²) in [5.41, 5.74) is 0.518. The Morgan fingerprint density at radius 2 is 1.70 bits per heavy atom. The lowest BCUT2D eigenvalue weighted by molar-refractivity contribution is -0.134. The van der Waals surface area contributed by atoms with Crippen LogP contribution in [-0.2, 0) is 9.59 Å². The van der Waals surface area contributed by atoms with Crippen LogP contribution in [0.15, 0.2) is 23.8 Å². The smallest absolute Gasteiger partial charge is 0.333 e. The first-order valence-corrected chi connectivity index (χ1v) is 11.0. The zero-order valence-electron chi connectivity index (χ0n) is 17.7. The summed E-state index contributed by atoms with van der Waals surface area (Å²) in [6.45, 7) is 0.613. The first-order valence-electron chi connectivity index (χ1n) is 10.6. The number of unbranched alkanes of at least 4 members (excludes halogenated alkanes) is 1. The largest absolute Gasteiger partial charge is 0.492 e. The molecule has 0 N–H and O–H groups in total.